The standard InChI is InChI=1S/C13H17FN2O2S/c1-8(6-12(15)19)16(2)13(17)9-4-5-11(18-3)10(14)7-9/h4-5,7-8H,6H2,1-3H3,(H2,15,19). The third kappa shape index (κ3) is 3.89. The molecular formula is C13H17FN2O2S. The third-order valence-corrected chi connectivity index (χ3v) is 3.04. The van der Waals surface area contributed by atoms with Gasteiger partial charge in [0.15, 0.2) is 11.6 Å². The smallest absolute Gasteiger partial charge is 0.253 e. The average Bonchev–Trinajstić information content (AvgIpc) is 2.36. The van der Waals surface area contributed by atoms with Crippen LogP contribution in [0.3, 0.4) is 0 Å². The molecule has 1 unspecified atom stereocenters. The van der Waals surface area contributed by atoms with Crippen molar-refractivity contribution in [2.24, 2.45) is 5.73 Å². The molecule has 104 valence electrons. The molecule has 0 saturated carbocycles. The number of halogens is 1. The van der Waals surface area contributed by atoms with Gasteiger partial charge in [-0.15, -0.1) is 0 Å². The van der Waals surface area contributed by atoms with E-state index in [1.54, 1.807) is 7.05 Å². The van der Waals surface area contributed by atoms with Gasteiger partial charge in [-0.05, 0) is 25.1 Å². The predicted octanol–water partition coefficient (Wildman–Crippen LogP) is 1.97. The van der Waals surface area contributed by atoms with Crippen molar-refractivity contribution in [3.8, 4) is 5.75 Å². The molecule has 19 heavy (non-hydrogen) atoms. The lowest BCUT2D eigenvalue weighted by molar-refractivity contribution is 0.0747. The lowest BCUT2D eigenvalue weighted by atomic mass is 10.1. The Morgan fingerprint density at radius 2 is 2.21 bits per heavy atom. The Morgan fingerprint density at radius 3 is 2.68 bits per heavy atom. The molecule has 0 fully saturated rings. The summed E-state index contributed by atoms with van der Waals surface area (Å²) in [6.45, 7) is 1.83. The molecule has 0 aliphatic rings. The van der Waals surface area contributed by atoms with Gasteiger partial charge in [-0.3, -0.25) is 4.79 Å². The molecule has 1 atom stereocenters. The van der Waals surface area contributed by atoms with Crippen LogP contribution in [0.25, 0.3) is 0 Å². The Labute approximate surface area is 117 Å². The second-order valence-corrected chi connectivity index (χ2v) is 4.81. The number of hydrogen-bond donors (Lipinski definition) is 1. The van der Waals surface area contributed by atoms with E-state index in [-0.39, 0.29) is 23.3 Å². The number of carbonyl (C=O) groups excluding carboxylic acids is 1. The highest BCUT2D eigenvalue weighted by Crippen LogP contribution is 2.19. The van der Waals surface area contributed by atoms with Crippen molar-refractivity contribution in [1.82, 2.24) is 4.90 Å². The summed E-state index contributed by atoms with van der Waals surface area (Å²) >= 11 is 4.81. The lowest BCUT2D eigenvalue weighted by Crippen LogP contribution is -2.37. The van der Waals surface area contributed by atoms with Crippen molar-refractivity contribution in [2.75, 3.05) is 14.2 Å². The molecule has 0 bridgehead atoms. The summed E-state index contributed by atoms with van der Waals surface area (Å²) in [5, 5.41) is 0. The van der Waals surface area contributed by atoms with Crippen LogP contribution < -0.4 is 10.5 Å². The summed E-state index contributed by atoms with van der Waals surface area (Å²) in [5.41, 5.74) is 5.71. The second kappa shape index (κ2) is 6.47. The van der Waals surface area contributed by atoms with Crippen LogP contribution in [0.4, 0.5) is 4.39 Å². The van der Waals surface area contributed by atoms with Crippen molar-refractivity contribution in [3.63, 3.8) is 0 Å². The summed E-state index contributed by atoms with van der Waals surface area (Å²) in [6, 6.07) is 3.96. The summed E-state index contributed by atoms with van der Waals surface area (Å²) in [4.78, 5) is 14.0. The van der Waals surface area contributed by atoms with E-state index >= 15 is 0 Å². The number of hydrogen-bond acceptors (Lipinski definition) is 3. The number of nitrogens with zero attached hydrogens (tertiary/aromatic N) is 1. The normalized spacial score (nSPS) is 11.8. The number of nitrogens with two attached hydrogens (primary N) is 1. The van der Waals surface area contributed by atoms with E-state index in [1.807, 2.05) is 6.92 Å². The molecule has 0 aromatic heterocycles. The molecule has 0 radical (unpaired) electrons. The molecule has 0 heterocycles. The zero-order chi connectivity index (χ0) is 14.6. The zero-order valence-electron chi connectivity index (χ0n) is 11.1. The van der Waals surface area contributed by atoms with Crippen LogP contribution in [0.5, 0.6) is 5.75 Å². The molecule has 0 aliphatic carbocycles. The number of carbonyl (C=O) groups is 1. The average molecular weight is 284 g/mol. The van der Waals surface area contributed by atoms with E-state index in [0.717, 1.165) is 6.07 Å². The van der Waals surface area contributed by atoms with Crippen LogP contribution in [-0.4, -0.2) is 36.0 Å². The van der Waals surface area contributed by atoms with Crippen LogP contribution in [0.1, 0.15) is 23.7 Å². The van der Waals surface area contributed by atoms with Crippen LogP contribution in [0, 0.1) is 5.82 Å². The maximum absolute atomic E-state index is 13.5. The minimum atomic E-state index is -0.566. The van der Waals surface area contributed by atoms with E-state index in [4.69, 9.17) is 22.7 Å². The van der Waals surface area contributed by atoms with Crippen molar-refractivity contribution >= 4 is 23.1 Å². The van der Waals surface area contributed by atoms with Crippen molar-refractivity contribution in [2.45, 2.75) is 19.4 Å². The summed E-state index contributed by atoms with van der Waals surface area (Å²) in [6.07, 6.45) is 0.427. The highest BCUT2D eigenvalue weighted by molar-refractivity contribution is 7.80. The highest BCUT2D eigenvalue weighted by Gasteiger charge is 2.19. The highest BCUT2D eigenvalue weighted by atomic mass is 32.1. The molecule has 0 saturated heterocycles. The first-order valence-corrected chi connectivity index (χ1v) is 6.16. The Hall–Kier alpha value is -1.69. The largest absolute Gasteiger partial charge is 0.494 e. The Bertz CT molecular complexity index is 494. The Balaban J connectivity index is 2.88. The zero-order valence-corrected chi connectivity index (χ0v) is 12.0. The van der Waals surface area contributed by atoms with E-state index in [2.05, 4.69) is 0 Å². The van der Waals surface area contributed by atoms with Crippen molar-refractivity contribution < 1.29 is 13.9 Å². The van der Waals surface area contributed by atoms with Crippen LogP contribution >= 0.6 is 12.2 Å². The number of thiocarbonyl (C=S) groups is 1. The first kappa shape index (κ1) is 15.4. The SMILES string of the molecule is COc1ccc(C(=O)N(C)C(C)CC(N)=S)cc1F. The van der Waals surface area contributed by atoms with Crippen molar-refractivity contribution in [1.29, 1.82) is 0 Å². The van der Waals surface area contributed by atoms with E-state index < -0.39 is 5.82 Å². The Morgan fingerprint density at radius 1 is 1.58 bits per heavy atom. The van der Waals surface area contributed by atoms with Gasteiger partial charge in [0.2, 0.25) is 0 Å². The van der Waals surface area contributed by atoms with E-state index in [0.29, 0.717) is 11.4 Å². The van der Waals surface area contributed by atoms with E-state index in [1.165, 1.54) is 24.1 Å². The molecule has 1 aromatic carbocycles. The molecule has 1 aromatic rings. The summed E-state index contributed by atoms with van der Waals surface area (Å²) in [5.74, 6) is -0.746. The minimum absolute atomic E-state index is 0.107. The maximum Gasteiger partial charge on any atom is 0.253 e. The monoisotopic (exact) mass is 284 g/mol. The molecular weight excluding hydrogens is 267 g/mol. The fourth-order valence-corrected chi connectivity index (χ4v) is 1.87. The van der Waals surface area contributed by atoms with Crippen molar-refractivity contribution in [3.05, 3.63) is 29.6 Å². The van der Waals surface area contributed by atoms with Gasteiger partial charge in [-0.2, -0.15) is 0 Å². The van der Waals surface area contributed by atoms with Gasteiger partial charge in [0, 0.05) is 25.1 Å². The van der Waals surface area contributed by atoms with Crippen LogP contribution in [-0.2, 0) is 0 Å². The number of benzene rings is 1. The Kier molecular flexibility index (Phi) is 5.23. The number of rotatable bonds is 5. The number of amides is 1. The van der Waals surface area contributed by atoms with Crippen LogP contribution in [0.15, 0.2) is 18.2 Å². The fourth-order valence-electron chi connectivity index (χ4n) is 1.63. The summed E-state index contributed by atoms with van der Waals surface area (Å²) in [7, 11) is 3.00. The maximum atomic E-state index is 13.5. The van der Waals surface area contributed by atoms with Crippen LogP contribution in [0.2, 0.25) is 0 Å². The van der Waals surface area contributed by atoms with Gasteiger partial charge in [-0.25, -0.2) is 4.39 Å². The molecule has 2 N–H and O–H groups in total. The topological polar surface area (TPSA) is 55.6 Å². The van der Waals surface area contributed by atoms with Gasteiger partial charge in [-0.1, -0.05) is 12.2 Å². The molecule has 6 heteroatoms. The van der Waals surface area contributed by atoms with Gasteiger partial charge in [0.25, 0.3) is 5.91 Å². The van der Waals surface area contributed by atoms with Gasteiger partial charge in [0.1, 0.15) is 0 Å². The fraction of sp³-hybridized carbons (Fsp3) is 0.385. The van der Waals surface area contributed by atoms with Gasteiger partial charge in [0.05, 0.1) is 12.1 Å². The van der Waals surface area contributed by atoms with Gasteiger partial charge < -0.3 is 15.4 Å². The van der Waals surface area contributed by atoms with Gasteiger partial charge >= 0.3 is 0 Å². The summed E-state index contributed by atoms with van der Waals surface area (Å²) < 4.78 is 18.4. The lowest BCUT2D eigenvalue weighted by Gasteiger charge is -2.24. The quantitative estimate of drug-likeness (QED) is 0.840. The molecule has 4 nitrogen and oxygen atoms in total. The molecule has 0 spiro atoms. The molecule has 0 aliphatic heterocycles. The molecule has 1 amide bonds. The second-order valence-electron chi connectivity index (χ2n) is 4.28. The predicted molar refractivity (Wildman–Crippen MR) is 75.9 cm³/mol. The third-order valence-electron chi connectivity index (χ3n) is 2.88. The minimum Gasteiger partial charge on any atom is -0.494 e. The molecule has 1 rings (SSSR count). The first-order valence-electron chi connectivity index (χ1n) is 5.75. The van der Waals surface area contributed by atoms with E-state index in [9.17, 15) is 9.18 Å². The number of methoxy groups -OCH3 is 1. The first-order chi connectivity index (χ1) is 8.86. The number of ether oxygens (including phenoxy) is 1.